The van der Waals surface area contributed by atoms with E-state index < -0.39 is 39.6 Å². The average molecular weight is 481 g/mol. The van der Waals surface area contributed by atoms with Crippen LogP contribution in [-0.4, -0.2) is 51.2 Å². The Bertz CT molecular complexity index is 1210. The number of imide groups is 1. The summed E-state index contributed by atoms with van der Waals surface area (Å²) in [7, 11) is -1.82. The number of ether oxygens (including phenoxy) is 2. The van der Waals surface area contributed by atoms with E-state index in [1.807, 2.05) is 0 Å². The summed E-state index contributed by atoms with van der Waals surface area (Å²) in [4.78, 5) is 36.4. The van der Waals surface area contributed by atoms with Gasteiger partial charge in [-0.3, -0.25) is 19.3 Å². The van der Waals surface area contributed by atoms with Crippen molar-refractivity contribution in [3.8, 4) is 11.5 Å². The van der Waals surface area contributed by atoms with Gasteiger partial charge in [0, 0.05) is 0 Å². The third kappa shape index (κ3) is 5.08. The molecule has 0 radical (unpaired) electrons. The molecule has 0 N–H and O–H groups in total. The SMILES string of the molecule is COC(=O)CN1C(=O)S/C(=C\c2ccc(OS(=O)(=O)c3ccc(F)cc3)c(OC)c2)C1=O. The number of hydrogen-bond donors (Lipinski definition) is 0. The third-order valence-electron chi connectivity index (χ3n) is 4.18. The van der Waals surface area contributed by atoms with Gasteiger partial charge in [0.25, 0.3) is 11.1 Å². The van der Waals surface area contributed by atoms with Crippen LogP contribution < -0.4 is 8.92 Å². The highest BCUT2D eigenvalue weighted by molar-refractivity contribution is 8.18. The standard InChI is InChI=1S/C20H16FNO8S2/c1-28-16-9-12(10-17-19(24)22(20(25)31-17)11-18(23)29-2)3-8-15(16)30-32(26,27)14-6-4-13(21)5-7-14/h3-10H,11H2,1-2H3/b17-10-. The first kappa shape index (κ1) is 23.3. The second-order valence-electron chi connectivity index (χ2n) is 6.25. The first-order chi connectivity index (χ1) is 15.1. The lowest BCUT2D eigenvalue weighted by atomic mass is 10.2. The molecule has 1 heterocycles. The first-order valence-electron chi connectivity index (χ1n) is 8.85. The Morgan fingerprint density at radius 3 is 2.41 bits per heavy atom. The fraction of sp³-hybridized carbons (Fsp3) is 0.150. The lowest BCUT2D eigenvalue weighted by molar-refractivity contribution is -0.143. The van der Waals surface area contributed by atoms with Gasteiger partial charge in [0.15, 0.2) is 11.5 Å². The molecule has 3 rings (SSSR count). The Hall–Kier alpha value is -3.38. The van der Waals surface area contributed by atoms with E-state index >= 15 is 0 Å². The highest BCUT2D eigenvalue weighted by Gasteiger charge is 2.36. The second-order valence-corrected chi connectivity index (χ2v) is 8.79. The Balaban J connectivity index is 1.84. The highest BCUT2D eigenvalue weighted by Crippen LogP contribution is 2.35. The predicted octanol–water partition coefficient (Wildman–Crippen LogP) is 2.81. The van der Waals surface area contributed by atoms with Gasteiger partial charge in [0.05, 0.1) is 19.1 Å². The predicted molar refractivity (Wildman–Crippen MR) is 112 cm³/mol. The number of thioether (sulfide) groups is 1. The van der Waals surface area contributed by atoms with Gasteiger partial charge in [-0.15, -0.1) is 0 Å². The Labute approximate surface area is 186 Å². The smallest absolute Gasteiger partial charge is 0.339 e. The van der Waals surface area contributed by atoms with Gasteiger partial charge >= 0.3 is 16.1 Å². The molecule has 2 aromatic carbocycles. The quantitative estimate of drug-likeness (QED) is 0.334. The number of halogens is 1. The van der Waals surface area contributed by atoms with Crippen molar-refractivity contribution in [3.63, 3.8) is 0 Å². The number of amides is 2. The van der Waals surface area contributed by atoms with Crippen LogP contribution in [0.25, 0.3) is 6.08 Å². The van der Waals surface area contributed by atoms with Gasteiger partial charge < -0.3 is 13.7 Å². The largest absolute Gasteiger partial charge is 0.493 e. The van der Waals surface area contributed by atoms with Crippen molar-refractivity contribution in [1.82, 2.24) is 4.90 Å². The summed E-state index contributed by atoms with van der Waals surface area (Å²) in [6, 6.07) is 8.28. The minimum Gasteiger partial charge on any atom is -0.493 e. The molecule has 1 fully saturated rings. The number of hydrogen-bond acceptors (Lipinski definition) is 9. The van der Waals surface area contributed by atoms with Crippen LogP contribution in [0, 0.1) is 5.82 Å². The summed E-state index contributed by atoms with van der Waals surface area (Å²) in [5.41, 5.74) is 0.414. The van der Waals surface area contributed by atoms with Crippen LogP contribution in [0.3, 0.4) is 0 Å². The van der Waals surface area contributed by atoms with Crippen LogP contribution in [0.4, 0.5) is 9.18 Å². The highest BCUT2D eigenvalue weighted by atomic mass is 32.2. The Morgan fingerprint density at radius 1 is 1.09 bits per heavy atom. The van der Waals surface area contributed by atoms with Gasteiger partial charge in [-0.25, -0.2) is 4.39 Å². The van der Waals surface area contributed by atoms with Gasteiger partial charge in [-0.05, 0) is 59.8 Å². The lowest BCUT2D eigenvalue weighted by Gasteiger charge is -2.12. The molecule has 1 saturated heterocycles. The fourth-order valence-corrected chi connectivity index (χ4v) is 4.37. The van der Waals surface area contributed by atoms with Crippen molar-refractivity contribution in [2.45, 2.75) is 4.90 Å². The number of rotatable bonds is 7. The zero-order valence-corrected chi connectivity index (χ0v) is 18.4. The van der Waals surface area contributed by atoms with Gasteiger partial charge in [-0.1, -0.05) is 6.07 Å². The van der Waals surface area contributed by atoms with Gasteiger partial charge in [0.1, 0.15) is 17.3 Å². The van der Waals surface area contributed by atoms with Gasteiger partial charge in [0.2, 0.25) is 0 Å². The van der Waals surface area contributed by atoms with Crippen molar-refractivity contribution in [3.05, 3.63) is 58.8 Å². The van der Waals surface area contributed by atoms with Crippen molar-refractivity contribution >= 4 is 45.1 Å². The molecule has 0 bridgehead atoms. The van der Waals surface area contributed by atoms with Crippen LogP contribution in [0.5, 0.6) is 11.5 Å². The summed E-state index contributed by atoms with van der Waals surface area (Å²) in [5.74, 6) is -2.09. The molecular weight excluding hydrogens is 465 g/mol. The average Bonchev–Trinajstić information content (AvgIpc) is 3.02. The van der Waals surface area contributed by atoms with E-state index in [4.69, 9.17) is 8.92 Å². The number of carbonyl (C=O) groups excluding carboxylic acids is 3. The number of esters is 1. The van der Waals surface area contributed by atoms with Crippen LogP contribution in [0.2, 0.25) is 0 Å². The van der Waals surface area contributed by atoms with E-state index in [2.05, 4.69) is 4.74 Å². The molecule has 168 valence electrons. The van der Waals surface area contributed by atoms with Crippen LogP contribution in [0.1, 0.15) is 5.56 Å². The molecule has 0 unspecified atom stereocenters. The van der Waals surface area contributed by atoms with Crippen LogP contribution in [-0.2, 0) is 24.4 Å². The molecule has 1 aliphatic rings. The van der Waals surface area contributed by atoms with Crippen LogP contribution in [0.15, 0.2) is 52.3 Å². The molecule has 0 aromatic heterocycles. The topological polar surface area (TPSA) is 116 Å². The van der Waals surface area contributed by atoms with Crippen molar-refractivity contribution in [2.75, 3.05) is 20.8 Å². The number of nitrogens with zero attached hydrogens (tertiary/aromatic N) is 1. The molecule has 0 atom stereocenters. The summed E-state index contributed by atoms with van der Waals surface area (Å²) >= 11 is 0.647. The summed E-state index contributed by atoms with van der Waals surface area (Å²) in [6.45, 7) is -0.504. The monoisotopic (exact) mass is 481 g/mol. The zero-order valence-electron chi connectivity index (χ0n) is 16.7. The molecular formula is C20H16FNO8S2. The van der Waals surface area contributed by atoms with Crippen molar-refractivity contribution in [2.24, 2.45) is 0 Å². The fourth-order valence-electron chi connectivity index (χ4n) is 2.59. The molecule has 0 spiro atoms. The molecule has 2 aromatic rings. The Morgan fingerprint density at radius 2 is 1.78 bits per heavy atom. The maximum Gasteiger partial charge on any atom is 0.339 e. The molecule has 32 heavy (non-hydrogen) atoms. The maximum atomic E-state index is 13.1. The van der Waals surface area contributed by atoms with E-state index in [9.17, 15) is 27.2 Å². The van der Waals surface area contributed by atoms with E-state index in [1.54, 1.807) is 0 Å². The molecule has 0 aliphatic carbocycles. The summed E-state index contributed by atoms with van der Waals surface area (Å²) < 4.78 is 52.7. The van der Waals surface area contributed by atoms with Gasteiger partial charge in [-0.2, -0.15) is 8.42 Å². The third-order valence-corrected chi connectivity index (χ3v) is 6.33. The van der Waals surface area contributed by atoms with E-state index in [-0.39, 0.29) is 21.3 Å². The first-order valence-corrected chi connectivity index (χ1v) is 11.1. The summed E-state index contributed by atoms with van der Waals surface area (Å²) in [6.07, 6.45) is 1.39. The zero-order chi connectivity index (χ0) is 23.5. The summed E-state index contributed by atoms with van der Waals surface area (Å²) in [5, 5.41) is -0.621. The maximum absolute atomic E-state index is 13.1. The molecule has 12 heteroatoms. The van der Waals surface area contributed by atoms with E-state index in [0.717, 1.165) is 36.3 Å². The molecule has 0 saturated carbocycles. The lowest BCUT2D eigenvalue weighted by Crippen LogP contribution is -2.34. The van der Waals surface area contributed by atoms with E-state index in [1.165, 1.54) is 31.4 Å². The minimum atomic E-state index is -4.25. The second kappa shape index (κ2) is 9.40. The number of carbonyl (C=O) groups is 3. The normalized spacial score (nSPS) is 15.2. The molecule has 1 aliphatic heterocycles. The number of methoxy groups -OCH3 is 2. The Kier molecular flexibility index (Phi) is 6.84. The molecule has 9 nitrogen and oxygen atoms in total. The minimum absolute atomic E-state index is 0.0400. The van der Waals surface area contributed by atoms with Crippen molar-refractivity contribution in [1.29, 1.82) is 0 Å². The van der Waals surface area contributed by atoms with Crippen molar-refractivity contribution < 1.29 is 40.8 Å². The van der Waals surface area contributed by atoms with E-state index in [0.29, 0.717) is 17.3 Å². The van der Waals surface area contributed by atoms with Crippen LogP contribution >= 0.6 is 11.8 Å². The molecule has 2 amide bonds. The number of benzene rings is 2.